The zero-order chi connectivity index (χ0) is 23.9. The van der Waals surface area contributed by atoms with Crippen molar-refractivity contribution in [1.29, 1.82) is 0 Å². The lowest BCUT2D eigenvalue weighted by Crippen LogP contribution is -2.36. The molecule has 0 radical (unpaired) electrons. The van der Waals surface area contributed by atoms with Crippen LogP contribution in [0.1, 0.15) is 6.42 Å². The lowest BCUT2D eigenvalue weighted by Gasteiger charge is -2.28. The minimum atomic E-state index is -0.604. The van der Waals surface area contributed by atoms with E-state index in [2.05, 4.69) is 32.1 Å². The van der Waals surface area contributed by atoms with Crippen molar-refractivity contribution in [2.24, 2.45) is 0 Å². The molecule has 1 amide bonds. The molecule has 34 heavy (non-hydrogen) atoms. The fourth-order valence-electron chi connectivity index (χ4n) is 3.55. The number of hydrogen-bond donors (Lipinski definition) is 2. The van der Waals surface area contributed by atoms with Gasteiger partial charge in [-0.25, -0.2) is 14.4 Å². The highest BCUT2D eigenvalue weighted by atomic mass is 35.5. The van der Waals surface area contributed by atoms with Gasteiger partial charge in [-0.3, -0.25) is 4.79 Å². The van der Waals surface area contributed by atoms with Gasteiger partial charge in [0, 0.05) is 48.9 Å². The summed E-state index contributed by atoms with van der Waals surface area (Å²) >= 11 is 5.64. The van der Waals surface area contributed by atoms with Crippen LogP contribution in [0.3, 0.4) is 0 Å². The fourth-order valence-corrected chi connectivity index (χ4v) is 3.67. The topological polar surface area (TPSA) is 88.6 Å². The number of aromatic nitrogens is 2. The third kappa shape index (κ3) is 6.12. The van der Waals surface area contributed by atoms with Gasteiger partial charge in [-0.05, 0) is 30.3 Å². The molecule has 2 heterocycles. The van der Waals surface area contributed by atoms with Gasteiger partial charge in [-0.2, -0.15) is 0 Å². The standard InChI is InChI=1S/C24H25ClFN5O3/c1-16(30-23(32)14-34-18-3-4-20(25)21(26)13-18)6-7-27-17-2-5-22-19(12-17)24(29-15-28-22)31-8-10-33-11-9-31/h2-5,12-13,15,27H,1,6-11,14H2,(H,30,32). The van der Waals surface area contributed by atoms with Gasteiger partial charge in [0.1, 0.15) is 23.7 Å². The molecule has 4 rings (SSSR count). The summed E-state index contributed by atoms with van der Waals surface area (Å²) in [5.74, 6) is 0.140. The van der Waals surface area contributed by atoms with E-state index in [1.165, 1.54) is 12.1 Å². The summed E-state index contributed by atoms with van der Waals surface area (Å²) in [6, 6.07) is 9.94. The van der Waals surface area contributed by atoms with Gasteiger partial charge in [0.15, 0.2) is 6.61 Å². The second-order valence-corrected chi connectivity index (χ2v) is 8.13. The number of fused-ring (bicyclic) bond motifs is 1. The van der Waals surface area contributed by atoms with E-state index >= 15 is 0 Å². The number of hydrogen-bond acceptors (Lipinski definition) is 7. The molecule has 1 saturated heterocycles. The molecule has 0 saturated carbocycles. The van der Waals surface area contributed by atoms with Crippen LogP contribution < -0.4 is 20.3 Å². The van der Waals surface area contributed by atoms with Gasteiger partial charge in [-0.1, -0.05) is 18.2 Å². The summed E-state index contributed by atoms with van der Waals surface area (Å²) in [6.45, 7) is 7.13. The second kappa shape index (κ2) is 11.1. The molecule has 0 unspecified atom stereocenters. The first-order chi connectivity index (χ1) is 16.5. The van der Waals surface area contributed by atoms with Gasteiger partial charge in [-0.15, -0.1) is 0 Å². The van der Waals surface area contributed by atoms with E-state index in [9.17, 15) is 9.18 Å². The minimum absolute atomic E-state index is 0.00561. The summed E-state index contributed by atoms with van der Waals surface area (Å²) in [6.07, 6.45) is 2.10. The highest BCUT2D eigenvalue weighted by molar-refractivity contribution is 6.30. The molecule has 1 fully saturated rings. The highest BCUT2D eigenvalue weighted by Crippen LogP contribution is 2.26. The van der Waals surface area contributed by atoms with Crippen LogP contribution >= 0.6 is 11.6 Å². The first-order valence-electron chi connectivity index (χ1n) is 10.9. The number of halogens is 2. The van der Waals surface area contributed by atoms with Gasteiger partial charge in [0.05, 0.1) is 23.8 Å². The summed E-state index contributed by atoms with van der Waals surface area (Å²) < 4.78 is 24.2. The summed E-state index contributed by atoms with van der Waals surface area (Å²) in [4.78, 5) is 23.1. The van der Waals surface area contributed by atoms with Crippen LogP contribution in [-0.4, -0.2) is 55.3 Å². The van der Waals surface area contributed by atoms with Gasteiger partial charge in [0.2, 0.25) is 0 Å². The van der Waals surface area contributed by atoms with Crippen LogP contribution in [0.2, 0.25) is 5.02 Å². The molecule has 0 spiro atoms. The largest absolute Gasteiger partial charge is 0.484 e. The molecule has 178 valence electrons. The quantitative estimate of drug-likeness (QED) is 0.477. The Labute approximate surface area is 201 Å². The van der Waals surface area contributed by atoms with E-state index in [0.717, 1.165) is 41.6 Å². The highest BCUT2D eigenvalue weighted by Gasteiger charge is 2.16. The number of morpholine rings is 1. The summed E-state index contributed by atoms with van der Waals surface area (Å²) in [5, 5.41) is 7.00. The van der Waals surface area contributed by atoms with Crippen molar-refractivity contribution in [2.45, 2.75) is 6.42 Å². The van der Waals surface area contributed by atoms with E-state index in [-0.39, 0.29) is 23.3 Å². The Bertz CT molecular complexity index is 1190. The van der Waals surface area contributed by atoms with Crippen molar-refractivity contribution < 1.29 is 18.7 Å². The Morgan fingerprint density at radius 3 is 2.82 bits per heavy atom. The summed E-state index contributed by atoms with van der Waals surface area (Å²) in [5.41, 5.74) is 2.34. The number of carbonyl (C=O) groups excluding carboxylic acids is 1. The molecular formula is C24H25ClFN5O3. The third-order valence-corrected chi connectivity index (χ3v) is 5.56. The molecule has 2 N–H and O–H groups in total. The van der Waals surface area contributed by atoms with Crippen molar-refractivity contribution in [3.8, 4) is 5.75 Å². The van der Waals surface area contributed by atoms with Crippen LogP contribution in [0.15, 0.2) is 55.0 Å². The number of nitrogens with zero attached hydrogens (tertiary/aromatic N) is 3. The van der Waals surface area contributed by atoms with Crippen LogP contribution in [0, 0.1) is 5.82 Å². The monoisotopic (exact) mass is 485 g/mol. The van der Waals surface area contributed by atoms with E-state index in [0.29, 0.717) is 31.9 Å². The normalized spacial score (nSPS) is 13.5. The molecule has 1 aromatic heterocycles. The van der Waals surface area contributed by atoms with E-state index in [1.54, 1.807) is 6.33 Å². The lowest BCUT2D eigenvalue weighted by molar-refractivity contribution is -0.122. The first kappa shape index (κ1) is 23.7. The van der Waals surface area contributed by atoms with Gasteiger partial charge in [0.25, 0.3) is 5.91 Å². The van der Waals surface area contributed by atoms with Crippen molar-refractivity contribution >= 4 is 39.9 Å². The van der Waals surface area contributed by atoms with Gasteiger partial charge < -0.3 is 25.0 Å². The van der Waals surface area contributed by atoms with Crippen LogP contribution in [0.4, 0.5) is 15.9 Å². The smallest absolute Gasteiger partial charge is 0.262 e. The molecule has 3 aromatic rings. The zero-order valence-electron chi connectivity index (χ0n) is 18.5. The molecule has 10 heteroatoms. The molecular weight excluding hydrogens is 461 g/mol. The second-order valence-electron chi connectivity index (χ2n) is 7.72. The maximum atomic E-state index is 13.4. The van der Waals surface area contributed by atoms with Crippen molar-refractivity contribution in [1.82, 2.24) is 15.3 Å². The average Bonchev–Trinajstić information content (AvgIpc) is 2.85. The maximum Gasteiger partial charge on any atom is 0.262 e. The Morgan fingerprint density at radius 2 is 2.03 bits per heavy atom. The Morgan fingerprint density at radius 1 is 1.21 bits per heavy atom. The lowest BCUT2D eigenvalue weighted by atomic mass is 10.2. The van der Waals surface area contributed by atoms with E-state index in [1.807, 2.05) is 18.2 Å². The number of carbonyl (C=O) groups is 1. The van der Waals surface area contributed by atoms with Crippen molar-refractivity contribution in [2.75, 3.05) is 49.7 Å². The molecule has 1 aliphatic heterocycles. The Balaban J connectivity index is 1.27. The fraction of sp³-hybridized carbons (Fsp3) is 0.292. The zero-order valence-corrected chi connectivity index (χ0v) is 19.3. The SMILES string of the molecule is C=C(CCNc1ccc2ncnc(N3CCOCC3)c2c1)NC(=O)COc1ccc(Cl)c(F)c1. The van der Waals surface area contributed by atoms with Crippen LogP contribution in [0.25, 0.3) is 10.9 Å². The van der Waals surface area contributed by atoms with Crippen molar-refractivity contribution in [3.05, 3.63) is 65.8 Å². The maximum absolute atomic E-state index is 13.4. The number of benzene rings is 2. The minimum Gasteiger partial charge on any atom is -0.484 e. The molecule has 0 atom stereocenters. The molecule has 8 nitrogen and oxygen atoms in total. The van der Waals surface area contributed by atoms with Crippen LogP contribution in [-0.2, 0) is 9.53 Å². The number of rotatable bonds is 9. The number of amides is 1. The average molecular weight is 486 g/mol. The van der Waals surface area contributed by atoms with E-state index < -0.39 is 5.82 Å². The van der Waals surface area contributed by atoms with Crippen molar-refractivity contribution in [3.63, 3.8) is 0 Å². The van der Waals surface area contributed by atoms with E-state index in [4.69, 9.17) is 21.1 Å². The first-order valence-corrected chi connectivity index (χ1v) is 11.2. The Kier molecular flexibility index (Phi) is 7.76. The number of ether oxygens (including phenoxy) is 2. The Hall–Kier alpha value is -3.43. The number of nitrogens with one attached hydrogen (secondary N) is 2. The predicted octanol–water partition coefficient (Wildman–Crippen LogP) is 3.77. The molecule has 1 aliphatic rings. The number of anilines is 2. The molecule has 2 aromatic carbocycles. The molecule has 0 bridgehead atoms. The summed E-state index contributed by atoms with van der Waals surface area (Å²) in [7, 11) is 0. The third-order valence-electron chi connectivity index (χ3n) is 5.26. The van der Waals surface area contributed by atoms with Crippen LogP contribution in [0.5, 0.6) is 5.75 Å². The predicted molar refractivity (Wildman–Crippen MR) is 130 cm³/mol. The van der Waals surface area contributed by atoms with Gasteiger partial charge >= 0.3 is 0 Å². The molecule has 0 aliphatic carbocycles.